The lowest BCUT2D eigenvalue weighted by molar-refractivity contribution is 0.0696. The fourth-order valence-corrected chi connectivity index (χ4v) is 2.38. The van der Waals surface area contributed by atoms with Crippen LogP contribution in [0.3, 0.4) is 0 Å². The first-order valence-corrected chi connectivity index (χ1v) is 6.68. The van der Waals surface area contributed by atoms with Gasteiger partial charge in [-0.2, -0.15) is 0 Å². The number of hydrogen-bond acceptors (Lipinski definition) is 5. The molecule has 2 heterocycles. The van der Waals surface area contributed by atoms with Gasteiger partial charge in [0.15, 0.2) is 0 Å². The van der Waals surface area contributed by atoms with Gasteiger partial charge in [-0.05, 0) is 26.0 Å². The van der Waals surface area contributed by atoms with E-state index < -0.39 is 5.97 Å². The zero-order chi connectivity index (χ0) is 14.0. The summed E-state index contributed by atoms with van der Waals surface area (Å²) in [4.78, 5) is 21.7. The summed E-state index contributed by atoms with van der Waals surface area (Å²) in [5, 5.41) is 12.1. The number of hydrogen-bond donors (Lipinski definition) is 1. The van der Waals surface area contributed by atoms with Crippen LogP contribution in [0.15, 0.2) is 17.5 Å². The van der Waals surface area contributed by atoms with E-state index in [0.717, 1.165) is 10.7 Å². The summed E-state index contributed by atoms with van der Waals surface area (Å²) in [6.07, 6.45) is 0. The summed E-state index contributed by atoms with van der Waals surface area (Å²) in [5.41, 5.74) is 1.91. The molecule has 0 atom stereocenters. The second kappa shape index (κ2) is 5.36. The van der Waals surface area contributed by atoms with Gasteiger partial charge in [-0.25, -0.2) is 14.8 Å². The summed E-state index contributed by atoms with van der Waals surface area (Å²) < 4.78 is 0. The van der Waals surface area contributed by atoms with Crippen molar-refractivity contribution in [2.45, 2.75) is 20.4 Å². The van der Waals surface area contributed by atoms with Gasteiger partial charge in [0.1, 0.15) is 5.82 Å². The highest BCUT2D eigenvalue weighted by atomic mass is 32.1. The molecule has 19 heavy (non-hydrogen) atoms. The molecule has 0 saturated heterocycles. The molecule has 1 N–H and O–H groups in total. The minimum absolute atomic E-state index is 0.254. The molecule has 2 aromatic heterocycles. The third-order valence-corrected chi connectivity index (χ3v) is 3.47. The van der Waals surface area contributed by atoms with Crippen LogP contribution in [0.25, 0.3) is 0 Å². The standard InChI is InChI=1S/C13H15N3O2S/c1-8-4-10(13(17)18)5-12(14-8)16(3)6-11-7-19-9(2)15-11/h4-5,7H,6H2,1-3H3,(H,17,18). The molecule has 2 rings (SSSR count). The van der Waals surface area contributed by atoms with Gasteiger partial charge in [0, 0.05) is 18.1 Å². The summed E-state index contributed by atoms with van der Waals surface area (Å²) in [6, 6.07) is 3.14. The molecule has 0 radical (unpaired) electrons. The van der Waals surface area contributed by atoms with Crippen LogP contribution in [0, 0.1) is 13.8 Å². The fraction of sp³-hybridized carbons (Fsp3) is 0.308. The topological polar surface area (TPSA) is 66.3 Å². The van der Waals surface area contributed by atoms with Crippen molar-refractivity contribution in [3.63, 3.8) is 0 Å². The van der Waals surface area contributed by atoms with Crippen molar-refractivity contribution < 1.29 is 9.90 Å². The van der Waals surface area contributed by atoms with Crippen LogP contribution >= 0.6 is 11.3 Å². The number of aryl methyl sites for hydroxylation is 2. The van der Waals surface area contributed by atoms with Gasteiger partial charge in [-0.15, -0.1) is 11.3 Å². The quantitative estimate of drug-likeness (QED) is 0.930. The summed E-state index contributed by atoms with van der Waals surface area (Å²) in [6.45, 7) is 4.36. The molecule has 6 heteroatoms. The van der Waals surface area contributed by atoms with Crippen LogP contribution in [-0.4, -0.2) is 28.1 Å². The maximum absolute atomic E-state index is 11.0. The number of carbonyl (C=O) groups is 1. The molecule has 0 amide bonds. The second-order valence-electron chi connectivity index (χ2n) is 4.37. The molecule has 0 unspecified atom stereocenters. The Hall–Kier alpha value is -1.95. The van der Waals surface area contributed by atoms with Crippen molar-refractivity contribution in [1.29, 1.82) is 0 Å². The Morgan fingerprint density at radius 1 is 1.37 bits per heavy atom. The zero-order valence-corrected chi connectivity index (χ0v) is 11.9. The third-order valence-electron chi connectivity index (χ3n) is 2.64. The molecule has 100 valence electrons. The number of pyridine rings is 1. The van der Waals surface area contributed by atoms with E-state index in [-0.39, 0.29) is 5.56 Å². The van der Waals surface area contributed by atoms with E-state index in [1.54, 1.807) is 30.4 Å². The SMILES string of the molecule is Cc1cc(C(=O)O)cc(N(C)Cc2csc(C)n2)n1. The predicted molar refractivity (Wildman–Crippen MR) is 74.9 cm³/mol. The highest BCUT2D eigenvalue weighted by Gasteiger charge is 2.11. The lowest BCUT2D eigenvalue weighted by atomic mass is 10.2. The van der Waals surface area contributed by atoms with Crippen molar-refractivity contribution in [2.75, 3.05) is 11.9 Å². The minimum atomic E-state index is -0.940. The Morgan fingerprint density at radius 3 is 2.68 bits per heavy atom. The maximum Gasteiger partial charge on any atom is 0.335 e. The van der Waals surface area contributed by atoms with E-state index in [1.165, 1.54) is 0 Å². The monoisotopic (exact) mass is 277 g/mol. The smallest absolute Gasteiger partial charge is 0.335 e. The molecule has 5 nitrogen and oxygen atoms in total. The van der Waals surface area contributed by atoms with Gasteiger partial charge in [0.05, 0.1) is 22.8 Å². The van der Waals surface area contributed by atoms with Gasteiger partial charge in [-0.1, -0.05) is 0 Å². The fourth-order valence-electron chi connectivity index (χ4n) is 1.77. The van der Waals surface area contributed by atoms with E-state index in [1.807, 2.05) is 24.3 Å². The van der Waals surface area contributed by atoms with Crippen LogP contribution in [-0.2, 0) is 6.54 Å². The van der Waals surface area contributed by atoms with E-state index in [0.29, 0.717) is 18.1 Å². The molecule has 0 aliphatic rings. The predicted octanol–water partition coefficient (Wildman–Crippen LogP) is 2.49. The van der Waals surface area contributed by atoms with Crippen molar-refractivity contribution in [2.24, 2.45) is 0 Å². The number of thiazole rings is 1. The van der Waals surface area contributed by atoms with Gasteiger partial charge < -0.3 is 10.0 Å². The molecule has 0 aliphatic heterocycles. The number of aromatic carboxylic acids is 1. The zero-order valence-electron chi connectivity index (χ0n) is 11.0. The number of aromatic nitrogens is 2. The first-order chi connectivity index (χ1) is 8.95. The van der Waals surface area contributed by atoms with Gasteiger partial charge >= 0.3 is 5.97 Å². The first-order valence-electron chi connectivity index (χ1n) is 5.80. The molecular weight excluding hydrogens is 262 g/mol. The first kappa shape index (κ1) is 13.5. The van der Waals surface area contributed by atoms with E-state index >= 15 is 0 Å². The van der Waals surface area contributed by atoms with Crippen molar-refractivity contribution in [1.82, 2.24) is 9.97 Å². The Bertz CT molecular complexity index is 610. The number of carboxylic acid groups (broad SMARTS) is 1. The highest BCUT2D eigenvalue weighted by Crippen LogP contribution is 2.17. The maximum atomic E-state index is 11.0. The average Bonchev–Trinajstić information content (AvgIpc) is 2.73. The molecule has 0 fully saturated rings. The van der Waals surface area contributed by atoms with E-state index in [4.69, 9.17) is 5.11 Å². The van der Waals surface area contributed by atoms with Gasteiger partial charge in [0.2, 0.25) is 0 Å². The second-order valence-corrected chi connectivity index (χ2v) is 5.44. The highest BCUT2D eigenvalue weighted by molar-refractivity contribution is 7.09. The molecular formula is C13H15N3O2S. The molecule has 0 bridgehead atoms. The molecule has 2 aromatic rings. The lowest BCUT2D eigenvalue weighted by Gasteiger charge is -2.17. The van der Waals surface area contributed by atoms with Crippen molar-refractivity contribution in [3.8, 4) is 0 Å². The Kier molecular flexibility index (Phi) is 3.80. The summed E-state index contributed by atoms with van der Waals surface area (Å²) >= 11 is 1.60. The van der Waals surface area contributed by atoms with Crippen molar-refractivity contribution in [3.05, 3.63) is 39.5 Å². The average molecular weight is 277 g/mol. The van der Waals surface area contributed by atoms with Gasteiger partial charge in [0.25, 0.3) is 0 Å². The third kappa shape index (κ3) is 3.29. The Balaban J connectivity index is 2.23. The number of anilines is 1. The number of rotatable bonds is 4. The molecule has 0 spiro atoms. The van der Waals surface area contributed by atoms with E-state index in [2.05, 4.69) is 9.97 Å². The summed E-state index contributed by atoms with van der Waals surface area (Å²) in [5.74, 6) is -0.298. The van der Waals surface area contributed by atoms with Crippen LogP contribution in [0.1, 0.15) is 26.8 Å². The summed E-state index contributed by atoms with van der Waals surface area (Å²) in [7, 11) is 1.88. The normalized spacial score (nSPS) is 10.5. The van der Waals surface area contributed by atoms with Gasteiger partial charge in [-0.3, -0.25) is 0 Å². The largest absolute Gasteiger partial charge is 0.478 e. The Morgan fingerprint density at radius 2 is 2.11 bits per heavy atom. The number of nitrogens with zero attached hydrogens (tertiary/aromatic N) is 3. The molecule has 0 aromatic carbocycles. The van der Waals surface area contributed by atoms with E-state index in [9.17, 15) is 4.79 Å². The Labute approximate surface area is 115 Å². The lowest BCUT2D eigenvalue weighted by Crippen LogP contribution is -2.19. The van der Waals surface area contributed by atoms with Crippen LogP contribution in [0.4, 0.5) is 5.82 Å². The molecule has 0 saturated carbocycles. The van der Waals surface area contributed by atoms with Crippen LogP contribution < -0.4 is 4.90 Å². The molecule has 0 aliphatic carbocycles. The minimum Gasteiger partial charge on any atom is -0.478 e. The van der Waals surface area contributed by atoms with Crippen LogP contribution in [0.2, 0.25) is 0 Å². The van der Waals surface area contributed by atoms with Crippen molar-refractivity contribution >= 4 is 23.1 Å². The van der Waals surface area contributed by atoms with Crippen LogP contribution in [0.5, 0.6) is 0 Å². The number of carboxylic acids is 1.